The number of hydrogen-bond acceptors (Lipinski definition) is 2. The van der Waals surface area contributed by atoms with Crippen molar-refractivity contribution in [1.82, 2.24) is 4.98 Å². The molecule has 1 N–H and O–H groups in total. The van der Waals surface area contributed by atoms with Crippen LogP contribution >= 0.6 is 9.47 Å². The summed E-state index contributed by atoms with van der Waals surface area (Å²) in [6.45, 7) is 5.57. The minimum atomic E-state index is 0.532. The zero-order valence-corrected chi connectivity index (χ0v) is 11.3. The first-order valence-corrected chi connectivity index (χ1v) is 6.46. The zero-order chi connectivity index (χ0) is 12.0. The molecule has 17 heavy (non-hydrogen) atoms. The van der Waals surface area contributed by atoms with Crippen molar-refractivity contribution >= 4 is 26.1 Å². The molecule has 0 saturated heterocycles. The number of nitrogens with zero attached hydrogens (tertiary/aromatic N) is 1. The summed E-state index contributed by atoms with van der Waals surface area (Å²) in [5, 5.41) is 1.29. The number of aromatic nitrogens is 1. The molecule has 1 aromatic carbocycles. The van der Waals surface area contributed by atoms with Crippen LogP contribution in [0.3, 0.4) is 0 Å². The van der Waals surface area contributed by atoms with Crippen molar-refractivity contribution in [2.24, 2.45) is 0 Å². The Balaban J connectivity index is 2.26. The molecule has 90 valence electrons. The maximum Gasteiger partial charge on any atom is 0.148 e. The first kappa shape index (κ1) is 10.9. The van der Waals surface area contributed by atoms with Gasteiger partial charge in [0.05, 0.1) is 15.0 Å². The first-order chi connectivity index (χ1) is 8.22. The summed E-state index contributed by atoms with van der Waals surface area (Å²) in [6, 6.07) is 4.82. The quantitative estimate of drug-likeness (QED) is 0.827. The molecule has 0 bridgehead atoms. The van der Waals surface area contributed by atoms with E-state index in [0.717, 1.165) is 24.2 Å². The van der Waals surface area contributed by atoms with Gasteiger partial charge in [0.2, 0.25) is 0 Å². The number of anilines is 1. The predicted molar refractivity (Wildman–Crippen MR) is 74.8 cm³/mol. The van der Waals surface area contributed by atoms with E-state index in [1.54, 1.807) is 0 Å². The zero-order valence-electron chi connectivity index (χ0n) is 10.2. The van der Waals surface area contributed by atoms with Gasteiger partial charge in [-0.25, -0.2) is 0 Å². The Hall–Kier alpha value is -1.21. The van der Waals surface area contributed by atoms with E-state index in [1.165, 1.54) is 16.6 Å². The second-order valence-electron chi connectivity index (χ2n) is 4.79. The highest BCUT2D eigenvalue weighted by Crippen LogP contribution is 2.40. The Bertz CT molecular complexity index is 562. The predicted octanol–water partition coefficient (Wildman–Crippen LogP) is 3.11. The second kappa shape index (κ2) is 3.92. The standard InChI is InChI=1S/C13H17N2OP/c1-8(2)15-6-4-9-10-3-5-14-13(10)12(16-17)7-11(9)15/h3,5,7-8,14H,4,6,17H2,1-2H3. The molecule has 1 aliphatic heterocycles. The van der Waals surface area contributed by atoms with Gasteiger partial charge in [-0.05, 0) is 31.9 Å². The number of H-pyrrole nitrogens is 1. The molecule has 0 spiro atoms. The van der Waals surface area contributed by atoms with Crippen molar-refractivity contribution in [1.29, 1.82) is 0 Å². The number of rotatable bonds is 2. The monoisotopic (exact) mass is 248 g/mol. The molecule has 0 radical (unpaired) electrons. The molecule has 1 unspecified atom stereocenters. The highest BCUT2D eigenvalue weighted by molar-refractivity contribution is 7.10. The Morgan fingerprint density at radius 2 is 2.29 bits per heavy atom. The van der Waals surface area contributed by atoms with Gasteiger partial charge in [0.25, 0.3) is 0 Å². The van der Waals surface area contributed by atoms with Gasteiger partial charge in [-0.2, -0.15) is 0 Å². The Kier molecular flexibility index (Phi) is 2.52. The lowest BCUT2D eigenvalue weighted by Crippen LogP contribution is -2.28. The van der Waals surface area contributed by atoms with Gasteiger partial charge in [0.1, 0.15) is 5.75 Å². The maximum absolute atomic E-state index is 5.40. The molecular formula is C13H17N2OP. The molecule has 4 heteroatoms. The van der Waals surface area contributed by atoms with Gasteiger partial charge in [-0.3, -0.25) is 0 Å². The van der Waals surface area contributed by atoms with E-state index >= 15 is 0 Å². The first-order valence-electron chi connectivity index (χ1n) is 5.98. The largest absolute Gasteiger partial charge is 0.478 e. The van der Waals surface area contributed by atoms with E-state index in [0.29, 0.717) is 6.04 Å². The Labute approximate surface area is 103 Å². The molecule has 2 aromatic rings. The molecule has 1 atom stereocenters. The summed E-state index contributed by atoms with van der Waals surface area (Å²) >= 11 is 0. The van der Waals surface area contributed by atoms with Crippen molar-refractivity contribution in [2.75, 3.05) is 11.4 Å². The summed E-state index contributed by atoms with van der Waals surface area (Å²) in [5.74, 6) is 0.904. The third kappa shape index (κ3) is 1.53. The second-order valence-corrected chi connectivity index (χ2v) is 5.03. The molecule has 1 aromatic heterocycles. The van der Waals surface area contributed by atoms with E-state index in [2.05, 4.69) is 45.3 Å². The summed E-state index contributed by atoms with van der Waals surface area (Å²) in [5.41, 5.74) is 3.87. The molecule has 1 aliphatic rings. The molecule has 0 aliphatic carbocycles. The Morgan fingerprint density at radius 1 is 1.47 bits per heavy atom. The summed E-state index contributed by atoms with van der Waals surface area (Å²) < 4.78 is 5.40. The van der Waals surface area contributed by atoms with Crippen LogP contribution in [0.2, 0.25) is 0 Å². The van der Waals surface area contributed by atoms with E-state index in [9.17, 15) is 0 Å². The van der Waals surface area contributed by atoms with Crippen LogP contribution in [0.15, 0.2) is 18.3 Å². The van der Waals surface area contributed by atoms with Crippen LogP contribution < -0.4 is 9.42 Å². The van der Waals surface area contributed by atoms with Gasteiger partial charge >= 0.3 is 0 Å². The average Bonchev–Trinajstić information content (AvgIpc) is 2.93. The number of nitrogens with one attached hydrogen (secondary N) is 1. The van der Waals surface area contributed by atoms with Gasteiger partial charge in [-0.1, -0.05) is 0 Å². The number of hydrogen-bond donors (Lipinski definition) is 1. The molecule has 0 fully saturated rings. The van der Waals surface area contributed by atoms with Crippen LogP contribution in [0.1, 0.15) is 19.4 Å². The number of aromatic amines is 1. The van der Waals surface area contributed by atoms with E-state index < -0.39 is 0 Å². The summed E-state index contributed by atoms with van der Waals surface area (Å²) in [6.07, 6.45) is 3.11. The van der Waals surface area contributed by atoms with Crippen LogP contribution in [0.5, 0.6) is 5.75 Å². The fraction of sp³-hybridized carbons (Fsp3) is 0.385. The van der Waals surface area contributed by atoms with Crippen LogP contribution in [0.25, 0.3) is 10.9 Å². The topological polar surface area (TPSA) is 28.3 Å². The molecule has 2 heterocycles. The fourth-order valence-corrected chi connectivity index (χ4v) is 2.93. The molecule has 3 rings (SSSR count). The van der Waals surface area contributed by atoms with E-state index in [-0.39, 0.29) is 0 Å². The van der Waals surface area contributed by atoms with Gasteiger partial charge in [0, 0.05) is 35.9 Å². The van der Waals surface area contributed by atoms with E-state index in [4.69, 9.17) is 4.52 Å². The van der Waals surface area contributed by atoms with E-state index in [1.807, 2.05) is 6.20 Å². The normalized spacial score (nSPS) is 14.7. The van der Waals surface area contributed by atoms with Crippen LogP contribution in [0, 0.1) is 0 Å². The molecule has 0 saturated carbocycles. The lowest BCUT2D eigenvalue weighted by atomic mass is 10.1. The van der Waals surface area contributed by atoms with Crippen LogP contribution in [-0.4, -0.2) is 17.6 Å². The number of fused-ring (bicyclic) bond motifs is 3. The lowest BCUT2D eigenvalue weighted by molar-refractivity contribution is 0.650. The van der Waals surface area contributed by atoms with Crippen molar-refractivity contribution in [3.05, 3.63) is 23.9 Å². The smallest absolute Gasteiger partial charge is 0.148 e. The minimum Gasteiger partial charge on any atom is -0.478 e. The van der Waals surface area contributed by atoms with Gasteiger partial charge in [0.15, 0.2) is 0 Å². The van der Waals surface area contributed by atoms with Crippen molar-refractivity contribution < 1.29 is 4.52 Å². The highest BCUT2D eigenvalue weighted by Gasteiger charge is 2.25. The SMILES string of the molecule is CC(C)N1CCc2c1cc(OP)c1[nH]ccc21. The minimum absolute atomic E-state index is 0.532. The van der Waals surface area contributed by atoms with Crippen molar-refractivity contribution in [3.8, 4) is 5.75 Å². The maximum atomic E-state index is 5.40. The fourth-order valence-electron chi connectivity index (χ4n) is 2.75. The third-order valence-electron chi connectivity index (χ3n) is 3.56. The van der Waals surface area contributed by atoms with Crippen molar-refractivity contribution in [2.45, 2.75) is 26.3 Å². The molecule has 0 amide bonds. The average molecular weight is 248 g/mol. The highest BCUT2D eigenvalue weighted by atomic mass is 31.0. The molecule has 3 nitrogen and oxygen atoms in total. The summed E-state index contributed by atoms with van der Waals surface area (Å²) in [4.78, 5) is 5.70. The van der Waals surface area contributed by atoms with Gasteiger partial charge < -0.3 is 14.4 Å². The summed E-state index contributed by atoms with van der Waals surface area (Å²) in [7, 11) is 2.34. The third-order valence-corrected chi connectivity index (χ3v) is 3.81. The lowest BCUT2D eigenvalue weighted by Gasteiger charge is -2.24. The Morgan fingerprint density at radius 3 is 3.00 bits per heavy atom. The number of benzene rings is 1. The van der Waals surface area contributed by atoms with Gasteiger partial charge in [-0.15, -0.1) is 0 Å². The van der Waals surface area contributed by atoms with Crippen molar-refractivity contribution in [3.63, 3.8) is 0 Å². The van der Waals surface area contributed by atoms with Crippen LogP contribution in [0.4, 0.5) is 5.69 Å². The molecular weight excluding hydrogens is 231 g/mol. The van der Waals surface area contributed by atoms with Crippen LogP contribution in [-0.2, 0) is 6.42 Å².